The van der Waals surface area contributed by atoms with Crippen LogP contribution in [0.25, 0.3) is 0 Å². The van der Waals surface area contributed by atoms with E-state index < -0.39 is 18.5 Å². The monoisotopic (exact) mass is 410 g/mol. The van der Waals surface area contributed by atoms with E-state index in [1.807, 2.05) is 65.0 Å². The van der Waals surface area contributed by atoms with Crippen LogP contribution in [-0.4, -0.2) is 41.9 Å². The van der Waals surface area contributed by atoms with Crippen LogP contribution in [0, 0.1) is 20.8 Å². The van der Waals surface area contributed by atoms with E-state index in [1.165, 1.54) is 4.90 Å². The highest BCUT2D eigenvalue weighted by Gasteiger charge is 2.23. The average molecular weight is 411 g/mol. The molecule has 0 spiro atoms. The predicted octanol–water partition coefficient (Wildman–Crippen LogP) is 4.03. The Morgan fingerprint density at radius 3 is 2.33 bits per heavy atom. The summed E-state index contributed by atoms with van der Waals surface area (Å²) in [7, 11) is 0. The zero-order valence-corrected chi connectivity index (χ0v) is 18.3. The molecular weight excluding hydrogens is 380 g/mol. The molecule has 1 atom stereocenters. The number of aryl methyl sites for hydroxylation is 2. The SMILES string of the molecule is CC[C@@H](C)N(CC(=O)Nc1cccc(C)c1C)C(=O)COC(=O)c1ccc(C)cc1. The van der Waals surface area contributed by atoms with Gasteiger partial charge in [0, 0.05) is 11.7 Å². The van der Waals surface area contributed by atoms with E-state index in [0.717, 1.165) is 22.4 Å². The molecule has 0 bridgehead atoms. The molecule has 0 fully saturated rings. The van der Waals surface area contributed by atoms with Gasteiger partial charge in [0.2, 0.25) is 5.91 Å². The maximum absolute atomic E-state index is 12.7. The Labute approximate surface area is 178 Å². The molecule has 1 N–H and O–H groups in total. The maximum Gasteiger partial charge on any atom is 0.338 e. The number of hydrogen-bond donors (Lipinski definition) is 1. The molecule has 2 aromatic carbocycles. The summed E-state index contributed by atoms with van der Waals surface area (Å²) in [4.78, 5) is 38.9. The molecule has 0 aliphatic heterocycles. The summed E-state index contributed by atoms with van der Waals surface area (Å²) in [6, 6.07) is 12.4. The number of esters is 1. The van der Waals surface area contributed by atoms with Crippen molar-refractivity contribution in [3.8, 4) is 0 Å². The van der Waals surface area contributed by atoms with Crippen LogP contribution >= 0.6 is 0 Å². The van der Waals surface area contributed by atoms with Crippen molar-refractivity contribution < 1.29 is 19.1 Å². The Hall–Kier alpha value is -3.15. The number of carbonyl (C=O) groups is 3. The topological polar surface area (TPSA) is 75.7 Å². The lowest BCUT2D eigenvalue weighted by Gasteiger charge is -2.28. The van der Waals surface area contributed by atoms with Crippen molar-refractivity contribution in [1.82, 2.24) is 4.90 Å². The van der Waals surface area contributed by atoms with Crippen LogP contribution in [0.3, 0.4) is 0 Å². The Bertz CT molecular complexity index is 906. The van der Waals surface area contributed by atoms with Gasteiger partial charge in [-0.1, -0.05) is 36.8 Å². The second-order valence-electron chi connectivity index (χ2n) is 7.52. The van der Waals surface area contributed by atoms with Crippen molar-refractivity contribution in [2.45, 2.75) is 47.1 Å². The van der Waals surface area contributed by atoms with Crippen molar-refractivity contribution in [2.24, 2.45) is 0 Å². The van der Waals surface area contributed by atoms with Crippen molar-refractivity contribution >= 4 is 23.5 Å². The van der Waals surface area contributed by atoms with Gasteiger partial charge >= 0.3 is 5.97 Å². The summed E-state index contributed by atoms with van der Waals surface area (Å²) in [5.74, 6) is -1.25. The van der Waals surface area contributed by atoms with Gasteiger partial charge in [-0.15, -0.1) is 0 Å². The molecule has 0 aliphatic carbocycles. The third-order valence-electron chi connectivity index (χ3n) is 5.25. The van der Waals surface area contributed by atoms with E-state index in [4.69, 9.17) is 4.74 Å². The highest BCUT2D eigenvalue weighted by molar-refractivity contribution is 5.96. The summed E-state index contributed by atoms with van der Waals surface area (Å²) in [6.07, 6.45) is 0.675. The minimum absolute atomic E-state index is 0.108. The summed E-state index contributed by atoms with van der Waals surface area (Å²) < 4.78 is 5.18. The van der Waals surface area contributed by atoms with Crippen LogP contribution in [0.1, 0.15) is 47.3 Å². The fourth-order valence-electron chi connectivity index (χ4n) is 2.92. The molecule has 2 aromatic rings. The normalized spacial score (nSPS) is 11.5. The minimum atomic E-state index is -0.563. The van der Waals surface area contributed by atoms with Crippen LogP contribution in [0.15, 0.2) is 42.5 Å². The van der Waals surface area contributed by atoms with E-state index in [-0.39, 0.29) is 18.5 Å². The van der Waals surface area contributed by atoms with Gasteiger partial charge in [0.1, 0.15) is 6.54 Å². The molecular formula is C24H30N2O4. The second-order valence-corrected chi connectivity index (χ2v) is 7.52. The predicted molar refractivity (Wildman–Crippen MR) is 117 cm³/mol. The van der Waals surface area contributed by atoms with Gasteiger partial charge in [-0.3, -0.25) is 9.59 Å². The van der Waals surface area contributed by atoms with Crippen molar-refractivity contribution in [3.63, 3.8) is 0 Å². The van der Waals surface area contributed by atoms with Crippen LogP contribution in [0.5, 0.6) is 0 Å². The second kappa shape index (κ2) is 10.6. The quantitative estimate of drug-likeness (QED) is 0.667. The van der Waals surface area contributed by atoms with Crippen LogP contribution in [0.2, 0.25) is 0 Å². The lowest BCUT2D eigenvalue weighted by atomic mass is 10.1. The average Bonchev–Trinajstić information content (AvgIpc) is 2.73. The van der Waals surface area contributed by atoms with E-state index in [1.54, 1.807) is 12.1 Å². The maximum atomic E-state index is 12.7. The summed E-state index contributed by atoms with van der Waals surface area (Å²) >= 11 is 0. The zero-order valence-electron chi connectivity index (χ0n) is 18.3. The fourth-order valence-corrected chi connectivity index (χ4v) is 2.92. The molecule has 0 radical (unpaired) electrons. The Balaban J connectivity index is 2.00. The largest absolute Gasteiger partial charge is 0.452 e. The standard InChI is InChI=1S/C24H30N2O4/c1-6-18(4)26(14-22(27)25-21-9-7-8-17(3)19(21)5)23(28)15-30-24(29)20-12-10-16(2)11-13-20/h7-13,18H,6,14-15H2,1-5H3,(H,25,27)/t18-/m1/s1. The molecule has 0 unspecified atom stereocenters. The highest BCUT2D eigenvalue weighted by Crippen LogP contribution is 2.18. The first-order valence-electron chi connectivity index (χ1n) is 10.1. The lowest BCUT2D eigenvalue weighted by Crippen LogP contribution is -2.45. The minimum Gasteiger partial charge on any atom is -0.452 e. The van der Waals surface area contributed by atoms with E-state index >= 15 is 0 Å². The molecule has 0 aliphatic rings. The lowest BCUT2D eigenvalue weighted by molar-refractivity contribution is -0.139. The fraction of sp³-hybridized carbons (Fsp3) is 0.375. The number of ether oxygens (including phenoxy) is 1. The molecule has 160 valence electrons. The van der Waals surface area contributed by atoms with Crippen molar-refractivity contribution in [2.75, 3.05) is 18.5 Å². The molecule has 30 heavy (non-hydrogen) atoms. The van der Waals surface area contributed by atoms with E-state index in [2.05, 4.69) is 5.32 Å². The number of hydrogen-bond acceptors (Lipinski definition) is 4. The summed E-state index contributed by atoms with van der Waals surface area (Å²) in [6.45, 7) is 9.12. The molecule has 0 saturated carbocycles. The van der Waals surface area contributed by atoms with Gasteiger partial charge in [-0.25, -0.2) is 4.79 Å². The van der Waals surface area contributed by atoms with Crippen LogP contribution in [-0.2, 0) is 14.3 Å². The number of rotatable bonds is 8. The summed E-state index contributed by atoms with van der Waals surface area (Å²) in [5.41, 5.74) is 4.20. The molecule has 2 rings (SSSR count). The summed E-state index contributed by atoms with van der Waals surface area (Å²) in [5, 5.41) is 2.87. The molecule has 0 saturated heterocycles. The molecule has 6 nitrogen and oxygen atoms in total. The Morgan fingerprint density at radius 1 is 1.03 bits per heavy atom. The van der Waals surface area contributed by atoms with Crippen molar-refractivity contribution in [3.05, 3.63) is 64.7 Å². The molecule has 6 heteroatoms. The number of anilines is 1. The number of benzene rings is 2. The van der Waals surface area contributed by atoms with E-state index in [0.29, 0.717) is 12.0 Å². The van der Waals surface area contributed by atoms with E-state index in [9.17, 15) is 14.4 Å². The highest BCUT2D eigenvalue weighted by atomic mass is 16.5. The third-order valence-corrected chi connectivity index (χ3v) is 5.25. The number of carbonyl (C=O) groups excluding carboxylic acids is 3. The Kier molecular flexibility index (Phi) is 8.16. The first kappa shape index (κ1) is 23.1. The van der Waals surface area contributed by atoms with Gasteiger partial charge < -0.3 is 15.0 Å². The molecule has 0 aromatic heterocycles. The number of nitrogens with one attached hydrogen (secondary N) is 1. The zero-order chi connectivity index (χ0) is 22.3. The van der Waals surface area contributed by atoms with Gasteiger partial charge in [-0.2, -0.15) is 0 Å². The van der Waals surface area contributed by atoms with Gasteiger partial charge in [0.05, 0.1) is 5.56 Å². The van der Waals surface area contributed by atoms with Crippen molar-refractivity contribution in [1.29, 1.82) is 0 Å². The molecule has 0 heterocycles. The van der Waals surface area contributed by atoms with Gasteiger partial charge in [0.25, 0.3) is 5.91 Å². The first-order valence-corrected chi connectivity index (χ1v) is 10.1. The van der Waals surface area contributed by atoms with Gasteiger partial charge in [0.15, 0.2) is 6.61 Å². The first-order chi connectivity index (χ1) is 14.2. The van der Waals surface area contributed by atoms with Crippen LogP contribution < -0.4 is 5.32 Å². The number of nitrogens with zero attached hydrogens (tertiary/aromatic N) is 1. The van der Waals surface area contributed by atoms with Crippen LogP contribution in [0.4, 0.5) is 5.69 Å². The Morgan fingerprint density at radius 2 is 1.70 bits per heavy atom. The third kappa shape index (κ3) is 6.17. The van der Waals surface area contributed by atoms with Gasteiger partial charge in [-0.05, 0) is 63.4 Å². The smallest absolute Gasteiger partial charge is 0.338 e. The number of amides is 2. The molecule has 2 amide bonds.